The maximum Gasteiger partial charge on any atom is 0.417 e. The number of nitrogens with one attached hydrogen (secondary N) is 1. The summed E-state index contributed by atoms with van der Waals surface area (Å²) in [6.45, 7) is 2.50. The summed E-state index contributed by atoms with van der Waals surface area (Å²) in [7, 11) is 0. The third-order valence-electron chi connectivity index (χ3n) is 2.93. The molecule has 0 aliphatic carbocycles. The first-order valence-electron chi connectivity index (χ1n) is 6.16. The predicted octanol–water partition coefficient (Wildman–Crippen LogP) is 4.25. The molecule has 0 aliphatic heterocycles. The summed E-state index contributed by atoms with van der Waals surface area (Å²) in [5.41, 5.74) is -0.805. The van der Waals surface area contributed by atoms with Crippen LogP contribution in [0.1, 0.15) is 29.0 Å². The molecule has 1 N–H and O–H groups in total. The Morgan fingerprint density at radius 1 is 1.43 bits per heavy atom. The molecule has 0 saturated carbocycles. The van der Waals surface area contributed by atoms with Gasteiger partial charge in [-0.25, -0.2) is 4.98 Å². The minimum atomic E-state index is -4.52. The highest BCUT2D eigenvalue weighted by atomic mass is 32.1. The topological polar surface area (TPSA) is 48.7 Å². The molecule has 3 nitrogen and oxygen atoms in total. The fourth-order valence-electron chi connectivity index (χ4n) is 1.83. The Kier molecular flexibility index (Phi) is 4.48. The lowest BCUT2D eigenvalue weighted by atomic mass is 10.1. The van der Waals surface area contributed by atoms with Crippen molar-refractivity contribution in [3.8, 4) is 6.07 Å². The van der Waals surface area contributed by atoms with Gasteiger partial charge in [-0.2, -0.15) is 18.4 Å². The second-order valence-electron chi connectivity index (χ2n) is 4.52. The molecule has 1 atom stereocenters. The van der Waals surface area contributed by atoms with Crippen LogP contribution in [0.4, 0.5) is 18.9 Å². The maximum atomic E-state index is 12.7. The summed E-state index contributed by atoms with van der Waals surface area (Å²) in [6, 6.07) is 5.06. The van der Waals surface area contributed by atoms with E-state index in [-0.39, 0.29) is 11.5 Å². The van der Waals surface area contributed by atoms with Crippen molar-refractivity contribution in [3.05, 3.63) is 45.9 Å². The Labute approximate surface area is 124 Å². The van der Waals surface area contributed by atoms with Crippen molar-refractivity contribution in [1.82, 2.24) is 4.98 Å². The molecule has 1 aromatic heterocycles. The number of aromatic nitrogens is 1. The quantitative estimate of drug-likeness (QED) is 0.918. The SMILES string of the molecule is CC(CNc1ccc(C(F)(F)F)c(C#N)c1)c1nccs1. The summed E-state index contributed by atoms with van der Waals surface area (Å²) in [5, 5.41) is 14.7. The number of halogens is 3. The van der Waals surface area contributed by atoms with Crippen LogP contribution in [0.3, 0.4) is 0 Å². The van der Waals surface area contributed by atoms with Crippen LogP contribution < -0.4 is 5.32 Å². The highest BCUT2D eigenvalue weighted by Crippen LogP contribution is 2.33. The van der Waals surface area contributed by atoms with Gasteiger partial charge in [0.25, 0.3) is 0 Å². The first-order chi connectivity index (χ1) is 9.91. The number of nitriles is 1. The number of hydrogen-bond acceptors (Lipinski definition) is 4. The van der Waals surface area contributed by atoms with Gasteiger partial charge in [0.05, 0.1) is 22.2 Å². The summed E-state index contributed by atoms with van der Waals surface area (Å²) >= 11 is 1.53. The fraction of sp³-hybridized carbons (Fsp3) is 0.286. The number of alkyl halides is 3. The van der Waals surface area contributed by atoms with Crippen LogP contribution in [0.15, 0.2) is 29.8 Å². The molecule has 1 heterocycles. The molecule has 0 aliphatic rings. The molecule has 110 valence electrons. The Morgan fingerprint density at radius 2 is 2.19 bits per heavy atom. The van der Waals surface area contributed by atoms with Crippen LogP contribution in [0.5, 0.6) is 0 Å². The number of anilines is 1. The van der Waals surface area contributed by atoms with E-state index >= 15 is 0 Å². The average Bonchev–Trinajstić information content (AvgIpc) is 2.97. The zero-order valence-corrected chi connectivity index (χ0v) is 11.9. The smallest absolute Gasteiger partial charge is 0.384 e. The molecule has 0 radical (unpaired) electrons. The molecule has 21 heavy (non-hydrogen) atoms. The van der Waals surface area contributed by atoms with Gasteiger partial charge in [0.15, 0.2) is 0 Å². The Morgan fingerprint density at radius 3 is 2.76 bits per heavy atom. The van der Waals surface area contributed by atoms with Gasteiger partial charge in [0, 0.05) is 29.7 Å². The van der Waals surface area contributed by atoms with Crippen molar-refractivity contribution in [2.24, 2.45) is 0 Å². The molecular formula is C14H12F3N3S. The predicted molar refractivity (Wildman–Crippen MR) is 75.2 cm³/mol. The minimum Gasteiger partial charge on any atom is -0.384 e. The molecule has 0 fully saturated rings. The minimum absolute atomic E-state index is 0.137. The van der Waals surface area contributed by atoms with E-state index in [1.807, 2.05) is 12.3 Å². The second-order valence-corrected chi connectivity index (χ2v) is 5.45. The third kappa shape index (κ3) is 3.73. The van der Waals surface area contributed by atoms with Gasteiger partial charge < -0.3 is 5.32 Å². The van der Waals surface area contributed by atoms with Crippen molar-refractivity contribution in [2.45, 2.75) is 19.0 Å². The summed E-state index contributed by atoms with van der Waals surface area (Å²) in [5.74, 6) is 0.137. The summed E-state index contributed by atoms with van der Waals surface area (Å²) < 4.78 is 38.1. The molecule has 0 bridgehead atoms. The molecule has 0 saturated heterocycles. The first-order valence-corrected chi connectivity index (χ1v) is 7.04. The maximum absolute atomic E-state index is 12.7. The fourth-order valence-corrected chi connectivity index (χ4v) is 2.53. The van der Waals surface area contributed by atoms with Crippen LogP contribution in [0, 0.1) is 11.3 Å². The molecular weight excluding hydrogens is 299 g/mol. The van der Waals surface area contributed by atoms with E-state index in [1.165, 1.54) is 23.5 Å². The monoisotopic (exact) mass is 311 g/mol. The molecule has 7 heteroatoms. The van der Waals surface area contributed by atoms with Crippen molar-refractivity contribution in [2.75, 3.05) is 11.9 Å². The molecule has 0 spiro atoms. The zero-order valence-electron chi connectivity index (χ0n) is 11.1. The standard InChI is InChI=1S/C14H12F3N3S/c1-9(13-19-4-5-21-13)8-20-11-2-3-12(14(15,16)17)10(6-11)7-18/h2-6,9,20H,8H2,1H3. The Bertz CT molecular complexity index is 644. The van der Waals surface area contributed by atoms with Gasteiger partial charge >= 0.3 is 6.18 Å². The van der Waals surface area contributed by atoms with Gasteiger partial charge in [0.1, 0.15) is 0 Å². The van der Waals surface area contributed by atoms with Crippen LogP contribution >= 0.6 is 11.3 Å². The van der Waals surface area contributed by atoms with Crippen molar-refractivity contribution < 1.29 is 13.2 Å². The van der Waals surface area contributed by atoms with E-state index in [2.05, 4.69) is 10.3 Å². The van der Waals surface area contributed by atoms with E-state index in [0.717, 1.165) is 11.1 Å². The molecule has 2 rings (SSSR count). The van der Waals surface area contributed by atoms with Crippen molar-refractivity contribution >= 4 is 17.0 Å². The molecule has 2 aromatic rings. The van der Waals surface area contributed by atoms with Gasteiger partial charge in [-0.15, -0.1) is 11.3 Å². The highest BCUT2D eigenvalue weighted by Gasteiger charge is 2.33. The van der Waals surface area contributed by atoms with Gasteiger partial charge in [-0.1, -0.05) is 6.92 Å². The number of benzene rings is 1. The van der Waals surface area contributed by atoms with Crippen molar-refractivity contribution in [1.29, 1.82) is 5.26 Å². The molecule has 1 unspecified atom stereocenters. The van der Waals surface area contributed by atoms with E-state index in [1.54, 1.807) is 12.3 Å². The normalized spacial score (nSPS) is 12.7. The van der Waals surface area contributed by atoms with E-state index in [4.69, 9.17) is 5.26 Å². The van der Waals surface area contributed by atoms with E-state index in [9.17, 15) is 13.2 Å². The lowest BCUT2D eigenvalue weighted by molar-refractivity contribution is -0.137. The zero-order chi connectivity index (χ0) is 15.5. The summed E-state index contributed by atoms with van der Waals surface area (Å²) in [4.78, 5) is 4.19. The average molecular weight is 311 g/mol. The molecule has 0 amide bonds. The van der Waals surface area contributed by atoms with Crippen LogP contribution in [-0.4, -0.2) is 11.5 Å². The highest BCUT2D eigenvalue weighted by molar-refractivity contribution is 7.09. The Hall–Kier alpha value is -2.07. The Balaban J connectivity index is 2.10. The number of thiazole rings is 1. The van der Waals surface area contributed by atoms with Gasteiger partial charge in [-0.05, 0) is 18.2 Å². The van der Waals surface area contributed by atoms with Crippen LogP contribution in [0.2, 0.25) is 0 Å². The summed E-state index contributed by atoms with van der Waals surface area (Å²) in [6.07, 6.45) is -2.81. The van der Waals surface area contributed by atoms with Gasteiger partial charge in [-0.3, -0.25) is 0 Å². The number of rotatable bonds is 4. The lowest BCUT2D eigenvalue weighted by Crippen LogP contribution is -2.11. The second kappa shape index (κ2) is 6.14. The van der Waals surface area contributed by atoms with Crippen LogP contribution in [-0.2, 0) is 6.18 Å². The van der Waals surface area contributed by atoms with Gasteiger partial charge in [0.2, 0.25) is 0 Å². The first kappa shape index (κ1) is 15.3. The molecule has 1 aromatic carbocycles. The van der Waals surface area contributed by atoms with Crippen molar-refractivity contribution in [3.63, 3.8) is 0 Å². The number of hydrogen-bond donors (Lipinski definition) is 1. The van der Waals surface area contributed by atoms with Crippen LogP contribution in [0.25, 0.3) is 0 Å². The number of nitrogens with zero attached hydrogens (tertiary/aromatic N) is 2. The largest absolute Gasteiger partial charge is 0.417 e. The third-order valence-corrected chi connectivity index (χ3v) is 3.94. The lowest BCUT2D eigenvalue weighted by Gasteiger charge is -2.13. The van der Waals surface area contributed by atoms with E-state index in [0.29, 0.717) is 12.2 Å². The van der Waals surface area contributed by atoms with E-state index < -0.39 is 11.7 Å².